The molecule has 0 bridgehead atoms. The maximum atomic E-state index is 12.0. The van der Waals surface area contributed by atoms with Gasteiger partial charge in [0, 0.05) is 19.3 Å². The molecular weight excluding hydrogens is 332 g/mol. The van der Waals surface area contributed by atoms with Gasteiger partial charge in [-0.1, -0.05) is 34.9 Å². The minimum Gasteiger partial charge on any atom is -0.484 e. The highest BCUT2D eigenvalue weighted by Gasteiger charge is 2.05. The van der Waals surface area contributed by atoms with Crippen molar-refractivity contribution >= 4 is 17.5 Å². The first-order chi connectivity index (χ1) is 12.6. The second kappa shape index (κ2) is 8.11. The normalized spacial score (nSPS) is 10.4. The number of benzene rings is 2. The summed E-state index contributed by atoms with van der Waals surface area (Å²) in [7, 11) is 1.76. The first kappa shape index (κ1) is 17.4. The van der Waals surface area contributed by atoms with Gasteiger partial charge in [0.25, 0.3) is 5.91 Å². The van der Waals surface area contributed by atoms with E-state index in [9.17, 15) is 4.79 Å². The fourth-order valence-electron chi connectivity index (χ4n) is 2.29. The summed E-state index contributed by atoms with van der Waals surface area (Å²) >= 11 is 0. The molecule has 3 aromatic rings. The quantitative estimate of drug-likeness (QED) is 0.677. The smallest absolute Gasteiger partial charge is 0.262 e. The third kappa shape index (κ3) is 4.79. The molecule has 0 aliphatic heterocycles. The number of nitrogens with one attached hydrogen (secondary N) is 2. The van der Waals surface area contributed by atoms with Crippen LogP contribution in [-0.4, -0.2) is 32.7 Å². The lowest BCUT2D eigenvalue weighted by atomic mass is 10.2. The van der Waals surface area contributed by atoms with Crippen LogP contribution in [0.5, 0.6) is 5.75 Å². The van der Waals surface area contributed by atoms with Crippen molar-refractivity contribution in [2.45, 2.75) is 13.5 Å². The van der Waals surface area contributed by atoms with E-state index in [2.05, 4.69) is 26.2 Å². The number of tetrazole rings is 1. The van der Waals surface area contributed by atoms with Gasteiger partial charge in [-0.3, -0.25) is 4.79 Å². The first-order valence-corrected chi connectivity index (χ1v) is 8.14. The van der Waals surface area contributed by atoms with Crippen LogP contribution in [0.3, 0.4) is 0 Å². The summed E-state index contributed by atoms with van der Waals surface area (Å²) in [4.78, 5) is 12.0. The summed E-state index contributed by atoms with van der Waals surface area (Å²) < 4.78 is 7.13. The molecule has 3 rings (SSSR count). The Kier molecular flexibility index (Phi) is 5.43. The van der Waals surface area contributed by atoms with E-state index >= 15 is 0 Å². The zero-order valence-electron chi connectivity index (χ0n) is 14.6. The molecule has 134 valence electrons. The number of anilines is 2. The Morgan fingerprint density at radius 2 is 2.00 bits per heavy atom. The van der Waals surface area contributed by atoms with Gasteiger partial charge in [0.15, 0.2) is 6.61 Å². The molecule has 8 heteroatoms. The van der Waals surface area contributed by atoms with Crippen molar-refractivity contribution in [3.8, 4) is 5.75 Å². The fraction of sp³-hybridized carbons (Fsp3) is 0.222. The molecule has 0 saturated heterocycles. The second-order valence-corrected chi connectivity index (χ2v) is 5.83. The van der Waals surface area contributed by atoms with Crippen LogP contribution >= 0.6 is 0 Å². The van der Waals surface area contributed by atoms with Gasteiger partial charge >= 0.3 is 0 Å². The molecule has 0 unspecified atom stereocenters. The van der Waals surface area contributed by atoms with Crippen molar-refractivity contribution in [2.75, 3.05) is 17.2 Å². The van der Waals surface area contributed by atoms with E-state index in [0.29, 0.717) is 18.2 Å². The van der Waals surface area contributed by atoms with E-state index < -0.39 is 0 Å². The lowest BCUT2D eigenvalue weighted by Gasteiger charge is -2.09. The molecular formula is C18H20N6O2. The maximum Gasteiger partial charge on any atom is 0.262 e. The van der Waals surface area contributed by atoms with E-state index in [4.69, 9.17) is 4.74 Å². The Morgan fingerprint density at radius 3 is 2.73 bits per heavy atom. The predicted molar refractivity (Wildman–Crippen MR) is 97.9 cm³/mol. The van der Waals surface area contributed by atoms with Crippen molar-refractivity contribution in [2.24, 2.45) is 7.05 Å². The minimum atomic E-state index is -0.206. The van der Waals surface area contributed by atoms with Crippen LogP contribution in [0.1, 0.15) is 11.1 Å². The van der Waals surface area contributed by atoms with Crippen LogP contribution in [0.25, 0.3) is 0 Å². The molecule has 8 nitrogen and oxygen atoms in total. The molecule has 2 aromatic carbocycles. The van der Waals surface area contributed by atoms with Crippen LogP contribution in [0.4, 0.5) is 11.6 Å². The number of aromatic nitrogens is 4. The SMILES string of the molecule is Cc1ccc(NC(=O)COc2cccc(CNc3nnnn3C)c2)cc1. The number of carbonyl (C=O) groups is 1. The standard InChI is InChI=1S/C18H20N6O2/c1-13-6-8-15(9-7-13)20-17(25)12-26-16-5-3-4-14(10-16)11-19-18-21-22-23-24(18)2/h3-10H,11-12H2,1-2H3,(H,20,25)(H,19,21,23). The predicted octanol–water partition coefficient (Wildman–Crippen LogP) is 2.15. The molecule has 1 heterocycles. The molecule has 2 N–H and O–H groups in total. The Balaban J connectivity index is 1.51. The van der Waals surface area contributed by atoms with Crippen LogP contribution < -0.4 is 15.4 Å². The lowest BCUT2D eigenvalue weighted by molar-refractivity contribution is -0.118. The highest BCUT2D eigenvalue weighted by molar-refractivity contribution is 5.91. The van der Waals surface area contributed by atoms with Gasteiger partial charge in [-0.2, -0.15) is 0 Å². The van der Waals surface area contributed by atoms with Crippen LogP contribution in [0.15, 0.2) is 48.5 Å². The number of ether oxygens (including phenoxy) is 1. The van der Waals surface area contributed by atoms with Crippen molar-refractivity contribution in [3.05, 3.63) is 59.7 Å². The third-order valence-corrected chi connectivity index (χ3v) is 3.67. The largest absolute Gasteiger partial charge is 0.484 e. The zero-order valence-corrected chi connectivity index (χ0v) is 14.6. The molecule has 0 fully saturated rings. The molecule has 0 aliphatic rings. The fourth-order valence-corrected chi connectivity index (χ4v) is 2.29. The van der Waals surface area contributed by atoms with Crippen molar-refractivity contribution < 1.29 is 9.53 Å². The number of hydrogen-bond acceptors (Lipinski definition) is 6. The summed E-state index contributed by atoms with van der Waals surface area (Å²) in [6.45, 7) is 2.48. The summed E-state index contributed by atoms with van der Waals surface area (Å²) in [6.07, 6.45) is 0. The van der Waals surface area contributed by atoms with Crippen LogP contribution in [-0.2, 0) is 18.4 Å². The van der Waals surface area contributed by atoms with Crippen LogP contribution in [0, 0.1) is 6.92 Å². The molecule has 1 amide bonds. The summed E-state index contributed by atoms with van der Waals surface area (Å²) in [5.74, 6) is 0.996. The monoisotopic (exact) mass is 352 g/mol. The van der Waals surface area contributed by atoms with E-state index in [-0.39, 0.29) is 12.5 Å². The summed E-state index contributed by atoms with van der Waals surface area (Å²) in [5.41, 5.74) is 2.88. The highest BCUT2D eigenvalue weighted by Crippen LogP contribution is 2.15. The zero-order chi connectivity index (χ0) is 18.4. The maximum absolute atomic E-state index is 12.0. The number of carbonyl (C=O) groups excluding carboxylic acids is 1. The average Bonchev–Trinajstić information content (AvgIpc) is 3.05. The average molecular weight is 352 g/mol. The van der Waals surface area contributed by atoms with Gasteiger partial charge in [0.1, 0.15) is 5.75 Å². The molecule has 0 spiro atoms. The Bertz CT molecular complexity index is 875. The van der Waals surface area contributed by atoms with E-state index in [1.54, 1.807) is 11.7 Å². The van der Waals surface area contributed by atoms with Gasteiger partial charge in [-0.05, 0) is 47.2 Å². The first-order valence-electron chi connectivity index (χ1n) is 8.14. The molecule has 0 atom stereocenters. The number of nitrogens with zero attached hydrogens (tertiary/aromatic N) is 4. The lowest BCUT2D eigenvalue weighted by Crippen LogP contribution is -2.20. The van der Waals surface area contributed by atoms with Gasteiger partial charge < -0.3 is 15.4 Å². The summed E-state index contributed by atoms with van der Waals surface area (Å²) in [5, 5.41) is 17.1. The van der Waals surface area contributed by atoms with E-state index in [0.717, 1.165) is 16.8 Å². The second-order valence-electron chi connectivity index (χ2n) is 5.83. The van der Waals surface area contributed by atoms with Gasteiger partial charge in [0.2, 0.25) is 5.95 Å². The Morgan fingerprint density at radius 1 is 1.19 bits per heavy atom. The van der Waals surface area contributed by atoms with Crippen molar-refractivity contribution in [3.63, 3.8) is 0 Å². The van der Waals surface area contributed by atoms with Crippen molar-refractivity contribution in [1.29, 1.82) is 0 Å². The topological polar surface area (TPSA) is 94.0 Å². The number of amides is 1. The summed E-state index contributed by atoms with van der Waals surface area (Å²) in [6, 6.07) is 15.1. The molecule has 0 radical (unpaired) electrons. The molecule has 1 aromatic heterocycles. The number of hydrogen-bond donors (Lipinski definition) is 2. The molecule has 0 aliphatic carbocycles. The van der Waals surface area contributed by atoms with E-state index in [1.807, 2.05) is 55.5 Å². The van der Waals surface area contributed by atoms with Gasteiger partial charge in [0.05, 0.1) is 0 Å². The molecule has 26 heavy (non-hydrogen) atoms. The minimum absolute atomic E-state index is 0.0576. The molecule has 0 saturated carbocycles. The Labute approximate surface area is 151 Å². The van der Waals surface area contributed by atoms with Gasteiger partial charge in [-0.15, -0.1) is 0 Å². The number of aryl methyl sites for hydroxylation is 2. The highest BCUT2D eigenvalue weighted by atomic mass is 16.5. The number of rotatable bonds is 7. The Hall–Kier alpha value is -3.42. The third-order valence-electron chi connectivity index (χ3n) is 3.67. The van der Waals surface area contributed by atoms with Gasteiger partial charge in [-0.25, -0.2) is 4.68 Å². The van der Waals surface area contributed by atoms with Crippen molar-refractivity contribution in [1.82, 2.24) is 20.2 Å². The van der Waals surface area contributed by atoms with E-state index in [1.165, 1.54) is 0 Å². The van der Waals surface area contributed by atoms with Crippen LogP contribution in [0.2, 0.25) is 0 Å².